The minimum Gasteiger partial charge on any atom is -0.311 e. The van der Waals surface area contributed by atoms with E-state index >= 15 is 0 Å². The molecule has 1 aromatic heterocycles. The Labute approximate surface area is 90.3 Å². The van der Waals surface area contributed by atoms with E-state index < -0.39 is 0 Å². The maximum Gasteiger partial charge on any atom is 0.0518 e. The predicted molar refractivity (Wildman–Crippen MR) is 62.5 cm³/mol. The molecule has 14 heavy (non-hydrogen) atoms. The lowest BCUT2D eigenvalue weighted by molar-refractivity contribution is 0.622. The van der Waals surface area contributed by atoms with Crippen LogP contribution in [0.5, 0.6) is 0 Å². The lowest BCUT2D eigenvalue weighted by atomic mass is 10.4. The molecule has 0 bridgehead atoms. The van der Waals surface area contributed by atoms with Crippen molar-refractivity contribution >= 4 is 11.8 Å². The molecule has 0 aliphatic rings. The number of hydrogen-bond donors (Lipinski definition) is 1. The number of hydrogen-bond acceptors (Lipinski definition) is 3. The molecule has 0 amide bonds. The van der Waals surface area contributed by atoms with Gasteiger partial charge in [0.05, 0.1) is 5.69 Å². The Balaban J connectivity index is 2.02. The molecular weight excluding hydrogens is 194 g/mol. The van der Waals surface area contributed by atoms with Gasteiger partial charge in [-0.05, 0) is 30.5 Å². The summed E-state index contributed by atoms with van der Waals surface area (Å²) in [6.07, 6.45) is 3.08. The molecule has 0 spiro atoms. The van der Waals surface area contributed by atoms with E-state index in [1.54, 1.807) is 0 Å². The van der Waals surface area contributed by atoms with Gasteiger partial charge in [0.15, 0.2) is 0 Å². The molecule has 0 atom stereocenters. The third-order valence-corrected chi connectivity index (χ3v) is 3.06. The van der Waals surface area contributed by atoms with Crippen molar-refractivity contribution in [3.05, 3.63) is 18.0 Å². The van der Waals surface area contributed by atoms with Crippen LogP contribution in [-0.2, 0) is 13.6 Å². The molecule has 4 heteroatoms. The highest BCUT2D eigenvalue weighted by Gasteiger charge is 1.96. The summed E-state index contributed by atoms with van der Waals surface area (Å²) < 4.78 is 1.91. The summed E-state index contributed by atoms with van der Waals surface area (Å²) in [6, 6.07) is 2.05. The molecule has 1 N–H and O–H groups in total. The predicted octanol–water partition coefficient (Wildman–Crippen LogP) is 1.65. The van der Waals surface area contributed by atoms with Gasteiger partial charge in [-0.25, -0.2) is 0 Å². The molecule has 1 aromatic rings. The first kappa shape index (κ1) is 11.6. The molecule has 1 heterocycles. The first-order valence-electron chi connectivity index (χ1n) is 5.10. The fourth-order valence-electron chi connectivity index (χ4n) is 1.23. The molecule has 0 aliphatic carbocycles. The second kappa shape index (κ2) is 6.90. The third-order valence-electron chi connectivity index (χ3n) is 2.07. The maximum absolute atomic E-state index is 4.12. The highest BCUT2D eigenvalue weighted by molar-refractivity contribution is 7.99. The lowest BCUT2D eigenvalue weighted by Crippen LogP contribution is -2.17. The van der Waals surface area contributed by atoms with Crippen molar-refractivity contribution in [2.24, 2.45) is 7.05 Å². The molecule has 3 nitrogen and oxygen atoms in total. The van der Waals surface area contributed by atoms with Crippen LogP contribution in [0.1, 0.15) is 19.0 Å². The quantitative estimate of drug-likeness (QED) is 0.699. The summed E-state index contributed by atoms with van der Waals surface area (Å²) in [4.78, 5) is 0. The molecular formula is C10H19N3S. The fourth-order valence-corrected chi connectivity index (χ4v) is 1.87. The topological polar surface area (TPSA) is 29.9 Å². The van der Waals surface area contributed by atoms with Gasteiger partial charge in [0.25, 0.3) is 0 Å². The second-order valence-corrected chi connectivity index (χ2v) is 4.57. The van der Waals surface area contributed by atoms with Crippen LogP contribution in [0.2, 0.25) is 0 Å². The van der Waals surface area contributed by atoms with Gasteiger partial charge in [0.1, 0.15) is 0 Å². The largest absolute Gasteiger partial charge is 0.311 e. The number of thioether (sulfide) groups is 1. The van der Waals surface area contributed by atoms with Crippen LogP contribution in [0, 0.1) is 0 Å². The summed E-state index contributed by atoms with van der Waals surface area (Å²) in [5.41, 5.74) is 1.24. The lowest BCUT2D eigenvalue weighted by Gasteiger charge is -2.04. The summed E-state index contributed by atoms with van der Waals surface area (Å²) in [5.74, 6) is 2.48. The number of rotatable bonds is 7. The summed E-state index contributed by atoms with van der Waals surface area (Å²) in [6.45, 7) is 4.22. The molecule has 80 valence electrons. The Kier molecular flexibility index (Phi) is 5.71. The van der Waals surface area contributed by atoms with E-state index in [1.165, 1.54) is 23.6 Å². The van der Waals surface area contributed by atoms with Crippen LogP contribution < -0.4 is 5.32 Å². The number of nitrogens with one attached hydrogen (secondary N) is 1. The Morgan fingerprint density at radius 3 is 3.07 bits per heavy atom. The van der Waals surface area contributed by atoms with Gasteiger partial charge in [0, 0.05) is 19.8 Å². The number of aryl methyl sites for hydroxylation is 1. The zero-order valence-electron chi connectivity index (χ0n) is 8.99. The van der Waals surface area contributed by atoms with Gasteiger partial charge in [-0.15, -0.1) is 0 Å². The van der Waals surface area contributed by atoms with E-state index in [4.69, 9.17) is 0 Å². The highest BCUT2D eigenvalue weighted by Crippen LogP contribution is 2.00. The Morgan fingerprint density at radius 2 is 2.43 bits per heavy atom. The standard InChI is InChI=1S/C10H19N3S/c1-3-14-8-4-6-11-9-10-5-7-12-13(10)2/h5,7,11H,3-4,6,8-9H2,1-2H3. The van der Waals surface area contributed by atoms with Crippen LogP contribution in [0.25, 0.3) is 0 Å². The van der Waals surface area contributed by atoms with Crippen molar-refractivity contribution in [2.75, 3.05) is 18.1 Å². The number of nitrogens with zero attached hydrogens (tertiary/aromatic N) is 2. The molecule has 1 rings (SSSR count). The van der Waals surface area contributed by atoms with E-state index in [-0.39, 0.29) is 0 Å². The molecule has 0 saturated carbocycles. The van der Waals surface area contributed by atoms with Gasteiger partial charge >= 0.3 is 0 Å². The van der Waals surface area contributed by atoms with E-state index in [0.717, 1.165) is 13.1 Å². The van der Waals surface area contributed by atoms with Crippen molar-refractivity contribution in [2.45, 2.75) is 19.9 Å². The fraction of sp³-hybridized carbons (Fsp3) is 0.700. The summed E-state index contributed by atoms with van der Waals surface area (Å²) in [5, 5.41) is 7.53. The van der Waals surface area contributed by atoms with Crippen LogP contribution in [0.3, 0.4) is 0 Å². The first-order valence-corrected chi connectivity index (χ1v) is 6.25. The third kappa shape index (κ3) is 4.15. The van der Waals surface area contributed by atoms with Crippen molar-refractivity contribution in [3.8, 4) is 0 Å². The molecule has 0 radical (unpaired) electrons. The van der Waals surface area contributed by atoms with E-state index in [2.05, 4.69) is 17.3 Å². The Bertz CT molecular complexity index is 247. The first-order chi connectivity index (χ1) is 6.84. The molecule has 0 fully saturated rings. The van der Waals surface area contributed by atoms with Crippen molar-refractivity contribution < 1.29 is 0 Å². The van der Waals surface area contributed by atoms with Crippen molar-refractivity contribution in [3.63, 3.8) is 0 Å². The van der Waals surface area contributed by atoms with Crippen LogP contribution in [0.4, 0.5) is 0 Å². The average Bonchev–Trinajstić information content (AvgIpc) is 2.58. The van der Waals surface area contributed by atoms with Gasteiger partial charge in [-0.2, -0.15) is 16.9 Å². The van der Waals surface area contributed by atoms with Gasteiger partial charge in [-0.3, -0.25) is 4.68 Å². The number of aromatic nitrogens is 2. The van der Waals surface area contributed by atoms with Crippen molar-refractivity contribution in [1.29, 1.82) is 0 Å². The average molecular weight is 213 g/mol. The molecule has 0 aliphatic heterocycles. The SMILES string of the molecule is CCSCCCNCc1ccnn1C. The second-order valence-electron chi connectivity index (χ2n) is 3.17. The minimum atomic E-state index is 0.924. The minimum absolute atomic E-state index is 0.924. The van der Waals surface area contributed by atoms with Crippen LogP contribution in [-0.4, -0.2) is 27.8 Å². The molecule has 0 unspecified atom stereocenters. The van der Waals surface area contributed by atoms with E-state index in [1.807, 2.05) is 35.8 Å². The summed E-state index contributed by atoms with van der Waals surface area (Å²) in [7, 11) is 1.98. The van der Waals surface area contributed by atoms with Crippen LogP contribution >= 0.6 is 11.8 Å². The van der Waals surface area contributed by atoms with Gasteiger partial charge < -0.3 is 5.32 Å². The van der Waals surface area contributed by atoms with Gasteiger partial charge in [0.2, 0.25) is 0 Å². The molecule has 0 aromatic carbocycles. The zero-order chi connectivity index (χ0) is 10.2. The monoisotopic (exact) mass is 213 g/mol. The Morgan fingerprint density at radius 1 is 1.57 bits per heavy atom. The molecule has 0 saturated heterocycles. The highest BCUT2D eigenvalue weighted by atomic mass is 32.2. The smallest absolute Gasteiger partial charge is 0.0518 e. The van der Waals surface area contributed by atoms with Gasteiger partial charge in [-0.1, -0.05) is 6.92 Å². The van der Waals surface area contributed by atoms with E-state index in [0.29, 0.717) is 0 Å². The van der Waals surface area contributed by atoms with Crippen molar-refractivity contribution in [1.82, 2.24) is 15.1 Å². The van der Waals surface area contributed by atoms with E-state index in [9.17, 15) is 0 Å². The Hall–Kier alpha value is -0.480. The zero-order valence-corrected chi connectivity index (χ0v) is 9.81. The normalized spacial score (nSPS) is 10.7. The summed E-state index contributed by atoms with van der Waals surface area (Å²) >= 11 is 2.00. The van der Waals surface area contributed by atoms with Crippen LogP contribution in [0.15, 0.2) is 12.3 Å². The maximum atomic E-state index is 4.12.